The summed E-state index contributed by atoms with van der Waals surface area (Å²) >= 11 is 3.20. The Hall–Kier alpha value is -2.02. The molecule has 0 atom stereocenters. The van der Waals surface area contributed by atoms with Crippen LogP contribution in [0.3, 0.4) is 0 Å². The number of anilines is 1. The van der Waals surface area contributed by atoms with E-state index in [4.69, 9.17) is 0 Å². The summed E-state index contributed by atoms with van der Waals surface area (Å²) in [6.45, 7) is 4.43. The van der Waals surface area contributed by atoms with Crippen LogP contribution in [-0.2, 0) is 6.54 Å². The summed E-state index contributed by atoms with van der Waals surface area (Å²) in [6.07, 6.45) is 0. The van der Waals surface area contributed by atoms with Crippen molar-refractivity contribution in [1.29, 1.82) is 0 Å². The summed E-state index contributed by atoms with van der Waals surface area (Å²) in [4.78, 5) is 16.8. The minimum Gasteiger partial charge on any atom is -0.350 e. The Morgan fingerprint density at radius 2 is 1.95 bits per heavy atom. The molecule has 0 saturated heterocycles. The maximum absolute atomic E-state index is 13.0. The summed E-state index contributed by atoms with van der Waals surface area (Å²) in [7, 11) is 0. The molecule has 1 heterocycles. The van der Waals surface area contributed by atoms with Gasteiger partial charge in [-0.1, -0.05) is 12.1 Å². The van der Waals surface area contributed by atoms with Crippen molar-refractivity contribution in [2.24, 2.45) is 0 Å². The molecule has 0 unspecified atom stereocenters. The predicted octanol–water partition coefficient (Wildman–Crippen LogP) is 4.31. The van der Waals surface area contributed by atoms with Crippen LogP contribution in [0.4, 0.5) is 15.9 Å². The highest BCUT2D eigenvalue weighted by atomic mass is 79.9. The number of hydrogen-bond donors (Lipinski definition) is 0. The zero-order valence-corrected chi connectivity index (χ0v) is 13.7. The van der Waals surface area contributed by atoms with Gasteiger partial charge < -0.3 is 4.90 Å². The van der Waals surface area contributed by atoms with Crippen molar-refractivity contribution in [3.05, 3.63) is 62.5 Å². The molecule has 0 saturated carbocycles. The third-order valence-electron chi connectivity index (χ3n) is 3.16. The monoisotopic (exact) mass is 367 g/mol. The molecule has 0 radical (unpaired) electrons. The van der Waals surface area contributed by atoms with Crippen molar-refractivity contribution in [1.82, 2.24) is 4.98 Å². The van der Waals surface area contributed by atoms with E-state index in [1.807, 2.05) is 18.7 Å². The zero-order chi connectivity index (χ0) is 16.3. The highest BCUT2D eigenvalue weighted by molar-refractivity contribution is 9.10. The molecule has 0 fully saturated rings. The van der Waals surface area contributed by atoms with Crippen molar-refractivity contribution in [2.75, 3.05) is 4.90 Å². The van der Waals surface area contributed by atoms with E-state index in [2.05, 4.69) is 20.9 Å². The van der Waals surface area contributed by atoms with E-state index in [1.54, 1.807) is 12.1 Å². The second kappa shape index (κ2) is 6.83. The summed E-state index contributed by atoms with van der Waals surface area (Å²) in [5, 5.41) is 11.0. The zero-order valence-electron chi connectivity index (χ0n) is 12.2. The van der Waals surface area contributed by atoms with Crippen LogP contribution >= 0.6 is 15.9 Å². The minimum atomic E-state index is -0.452. The summed E-state index contributed by atoms with van der Waals surface area (Å²) in [5.74, 6) is 0.205. The molecule has 1 aromatic carbocycles. The second-order valence-electron chi connectivity index (χ2n) is 5.11. The molecule has 2 aromatic rings. The van der Waals surface area contributed by atoms with E-state index in [-0.39, 0.29) is 17.5 Å². The lowest BCUT2D eigenvalue weighted by molar-refractivity contribution is -0.384. The minimum absolute atomic E-state index is 0.0263. The molecule has 2 rings (SSSR count). The number of pyridine rings is 1. The fraction of sp³-hybridized carbons (Fsp3) is 0.267. The number of nitrogens with zero attached hydrogens (tertiary/aromatic N) is 3. The molecule has 116 valence electrons. The van der Waals surface area contributed by atoms with Crippen molar-refractivity contribution in [3.8, 4) is 0 Å². The largest absolute Gasteiger partial charge is 0.350 e. The molecule has 5 nitrogen and oxygen atoms in total. The molecule has 7 heteroatoms. The third-order valence-corrected chi connectivity index (χ3v) is 3.57. The molecule has 0 aliphatic carbocycles. The first-order chi connectivity index (χ1) is 10.4. The Morgan fingerprint density at radius 1 is 1.32 bits per heavy atom. The molecular weight excluding hydrogens is 353 g/mol. The maximum atomic E-state index is 13.0. The highest BCUT2D eigenvalue weighted by Crippen LogP contribution is 2.26. The lowest BCUT2D eigenvalue weighted by Gasteiger charge is -2.28. The Bertz CT molecular complexity index is 677. The number of halogens is 2. The number of aromatic nitrogens is 1. The van der Waals surface area contributed by atoms with E-state index < -0.39 is 4.92 Å². The van der Waals surface area contributed by atoms with Gasteiger partial charge >= 0.3 is 0 Å². The quantitative estimate of drug-likeness (QED) is 0.448. The Balaban J connectivity index is 2.35. The number of rotatable bonds is 5. The van der Waals surface area contributed by atoms with E-state index in [9.17, 15) is 14.5 Å². The Labute approximate surface area is 136 Å². The Kier molecular flexibility index (Phi) is 5.07. The molecule has 0 amide bonds. The van der Waals surface area contributed by atoms with Gasteiger partial charge in [0.1, 0.15) is 16.2 Å². The molecule has 0 aliphatic heterocycles. The molecule has 0 bridgehead atoms. The van der Waals surface area contributed by atoms with E-state index in [1.165, 1.54) is 24.3 Å². The first-order valence-corrected chi connectivity index (χ1v) is 7.49. The van der Waals surface area contributed by atoms with Crippen LogP contribution in [0, 0.1) is 15.9 Å². The van der Waals surface area contributed by atoms with Gasteiger partial charge in [-0.25, -0.2) is 9.37 Å². The molecule has 22 heavy (non-hydrogen) atoms. The fourth-order valence-corrected chi connectivity index (χ4v) is 2.45. The highest BCUT2D eigenvalue weighted by Gasteiger charge is 2.18. The maximum Gasteiger partial charge on any atom is 0.275 e. The number of nitro groups is 1. The smallest absolute Gasteiger partial charge is 0.275 e. The number of benzene rings is 1. The first-order valence-electron chi connectivity index (χ1n) is 6.70. The number of hydrogen-bond acceptors (Lipinski definition) is 4. The lowest BCUT2D eigenvalue weighted by atomic mass is 10.2. The van der Waals surface area contributed by atoms with Gasteiger partial charge in [0.2, 0.25) is 0 Å². The summed E-state index contributed by atoms with van der Waals surface area (Å²) in [5.41, 5.74) is 0.876. The van der Waals surface area contributed by atoms with Crippen molar-refractivity contribution in [2.45, 2.75) is 26.4 Å². The van der Waals surface area contributed by atoms with Gasteiger partial charge in [-0.2, -0.15) is 0 Å². The molecule has 0 N–H and O–H groups in total. The van der Waals surface area contributed by atoms with Crippen molar-refractivity contribution < 1.29 is 9.31 Å². The van der Waals surface area contributed by atoms with Crippen molar-refractivity contribution in [3.63, 3.8) is 0 Å². The molecule has 0 spiro atoms. The van der Waals surface area contributed by atoms with Gasteiger partial charge in [0.05, 0.1) is 11.0 Å². The Morgan fingerprint density at radius 3 is 2.50 bits per heavy atom. The molecular formula is C15H15BrFN3O2. The van der Waals surface area contributed by atoms with Crippen LogP contribution in [-0.4, -0.2) is 15.9 Å². The SMILES string of the molecule is CC(C)N(Cc1ccc(F)cc1)c1cc([N+](=O)[O-])cc(Br)n1. The van der Waals surface area contributed by atoms with Gasteiger partial charge in [0.25, 0.3) is 5.69 Å². The summed E-state index contributed by atoms with van der Waals surface area (Å²) in [6, 6.07) is 9.05. The molecule has 0 aliphatic rings. The van der Waals surface area contributed by atoms with E-state index in [0.717, 1.165) is 5.56 Å². The molecule has 1 aromatic heterocycles. The van der Waals surface area contributed by atoms with Gasteiger partial charge in [0.15, 0.2) is 0 Å². The van der Waals surface area contributed by atoms with Crippen LogP contribution in [0.1, 0.15) is 19.4 Å². The van der Waals surface area contributed by atoms with Gasteiger partial charge in [-0.3, -0.25) is 10.1 Å². The van der Waals surface area contributed by atoms with E-state index in [0.29, 0.717) is 17.0 Å². The predicted molar refractivity (Wildman–Crippen MR) is 86.3 cm³/mol. The van der Waals surface area contributed by atoms with Crippen LogP contribution in [0.25, 0.3) is 0 Å². The van der Waals surface area contributed by atoms with Crippen LogP contribution < -0.4 is 4.90 Å². The third kappa shape index (κ3) is 4.00. The van der Waals surface area contributed by atoms with Crippen LogP contribution in [0.15, 0.2) is 41.0 Å². The normalized spacial score (nSPS) is 10.8. The summed E-state index contributed by atoms with van der Waals surface area (Å²) < 4.78 is 13.4. The lowest BCUT2D eigenvalue weighted by Crippen LogP contribution is -2.31. The van der Waals surface area contributed by atoms with Crippen LogP contribution in [0.5, 0.6) is 0 Å². The topological polar surface area (TPSA) is 59.3 Å². The second-order valence-corrected chi connectivity index (χ2v) is 5.92. The van der Waals surface area contributed by atoms with Gasteiger partial charge in [-0.15, -0.1) is 0 Å². The average Bonchev–Trinajstić information content (AvgIpc) is 2.45. The average molecular weight is 368 g/mol. The van der Waals surface area contributed by atoms with Crippen LogP contribution in [0.2, 0.25) is 0 Å². The standard InChI is InChI=1S/C15H15BrFN3O2/c1-10(2)19(9-11-3-5-12(17)6-4-11)15-8-13(20(21)22)7-14(16)18-15/h3-8,10H,9H2,1-2H3. The van der Waals surface area contributed by atoms with Gasteiger partial charge in [0, 0.05) is 18.7 Å². The van der Waals surface area contributed by atoms with Gasteiger partial charge in [-0.05, 0) is 47.5 Å². The first kappa shape index (κ1) is 16.4. The van der Waals surface area contributed by atoms with Crippen molar-refractivity contribution >= 4 is 27.4 Å². The fourth-order valence-electron chi connectivity index (χ4n) is 2.04. The van der Waals surface area contributed by atoms with E-state index >= 15 is 0 Å².